The van der Waals surface area contributed by atoms with Gasteiger partial charge in [0.1, 0.15) is 11.5 Å². The highest BCUT2D eigenvalue weighted by Gasteiger charge is 2.24. The molecule has 1 aromatic carbocycles. The zero-order valence-corrected chi connectivity index (χ0v) is 19.7. The number of benzene rings is 1. The van der Waals surface area contributed by atoms with Gasteiger partial charge in [-0.15, -0.1) is 0 Å². The molecule has 166 valence electrons. The number of carbonyl (C=O) groups is 1. The Hall–Kier alpha value is -3.34. The van der Waals surface area contributed by atoms with E-state index in [0.717, 1.165) is 28.1 Å². The molecule has 0 unspecified atom stereocenters. The van der Waals surface area contributed by atoms with Crippen LogP contribution < -0.4 is 9.47 Å². The van der Waals surface area contributed by atoms with Crippen LogP contribution in [0.4, 0.5) is 0 Å². The third-order valence-corrected chi connectivity index (χ3v) is 4.41. The molecule has 5 heteroatoms. The molecular formula is C26H34N2O3. The third kappa shape index (κ3) is 6.32. The van der Waals surface area contributed by atoms with Crippen LogP contribution >= 0.6 is 0 Å². The highest BCUT2D eigenvalue weighted by molar-refractivity contribution is 6.16. The van der Waals surface area contributed by atoms with Gasteiger partial charge in [0.15, 0.2) is 5.78 Å². The van der Waals surface area contributed by atoms with E-state index in [0.29, 0.717) is 23.5 Å². The lowest BCUT2D eigenvalue weighted by Crippen LogP contribution is -1.96. The Balaban J connectivity index is 0.00000113. The van der Waals surface area contributed by atoms with E-state index >= 15 is 0 Å². The fourth-order valence-electron chi connectivity index (χ4n) is 3.09. The number of H-pyrrole nitrogens is 1. The number of methoxy groups -OCH3 is 2. The predicted molar refractivity (Wildman–Crippen MR) is 129 cm³/mol. The molecule has 0 radical (unpaired) electrons. The Morgan fingerprint density at radius 1 is 1.03 bits per heavy atom. The summed E-state index contributed by atoms with van der Waals surface area (Å²) in [4.78, 5) is 12.6. The summed E-state index contributed by atoms with van der Waals surface area (Å²) in [6.07, 6.45) is 7.94. The number of allylic oxidation sites excluding steroid dienone is 6. The van der Waals surface area contributed by atoms with Crippen molar-refractivity contribution in [3.63, 3.8) is 0 Å². The molecule has 0 atom stereocenters. The molecule has 0 aliphatic heterocycles. The smallest absolute Gasteiger partial charge is 0.189 e. The van der Waals surface area contributed by atoms with E-state index < -0.39 is 0 Å². The van der Waals surface area contributed by atoms with Crippen molar-refractivity contribution in [1.29, 1.82) is 0 Å². The van der Waals surface area contributed by atoms with Crippen LogP contribution in [0, 0.1) is 0 Å². The predicted octanol–water partition coefficient (Wildman–Crippen LogP) is 6.56. The molecule has 0 saturated heterocycles. The summed E-state index contributed by atoms with van der Waals surface area (Å²) in [5.74, 6) is 1.39. The minimum absolute atomic E-state index is 0.0114. The number of ketones is 1. The minimum Gasteiger partial charge on any atom is -0.497 e. The molecule has 1 N–H and O–H groups in total. The molecule has 0 amide bonds. The van der Waals surface area contributed by atoms with Gasteiger partial charge < -0.3 is 9.47 Å². The van der Waals surface area contributed by atoms with E-state index in [9.17, 15) is 4.79 Å². The van der Waals surface area contributed by atoms with Crippen molar-refractivity contribution in [2.75, 3.05) is 14.2 Å². The molecule has 3 rings (SSSR count). The van der Waals surface area contributed by atoms with E-state index in [2.05, 4.69) is 16.8 Å². The van der Waals surface area contributed by atoms with Crippen molar-refractivity contribution in [3.05, 3.63) is 71.5 Å². The van der Waals surface area contributed by atoms with Crippen molar-refractivity contribution >= 4 is 11.9 Å². The van der Waals surface area contributed by atoms with Gasteiger partial charge >= 0.3 is 0 Å². The second kappa shape index (κ2) is 13.1. The molecule has 1 heterocycles. The highest BCUT2D eigenvalue weighted by Crippen LogP contribution is 2.32. The molecule has 1 aliphatic carbocycles. The molecule has 0 bridgehead atoms. The minimum atomic E-state index is 0.0114. The SMILES string of the molecule is C=CC1=C(/C=C\C)C/C(=C\c2cc(-c3cc(OC)cc(OC)c3)n[nH]2)C1=O.CC.CC. The first-order chi connectivity index (χ1) is 15.1. The normalized spacial score (nSPS) is 14.2. The number of nitrogens with one attached hydrogen (secondary N) is 1. The van der Waals surface area contributed by atoms with Crippen LogP contribution in [0.25, 0.3) is 17.3 Å². The Labute approximate surface area is 186 Å². The number of hydrogen-bond donors (Lipinski definition) is 1. The van der Waals surface area contributed by atoms with Crippen LogP contribution in [0.2, 0.25) is 0 Å². The van der Waals surface area contributed by atoms with Crippen LogP contribution in [0.15, 0.2) is 65.8 Å². The van der Waals surface area contributed by atoms with Crippen LogP contribution in [0.5, 0.6) is 11.5 Å². The van der Waals surface area contributed by atoms with Crippen molar-refractivity contribution < 1.29 is 14.3 Å². The zero-order valence-electron chi connectivity index (χ0n) is 19.7. The quantitative estimate of drug-likeness (QED) is 0.535. The number of aromatic amines is 1. The number of rotatable bonds is 6. The number of aromatic nitrogens is 2. The molecule has 0 saturated carbocycles. The monoisotopic (exact) mass is 422 g/mol. The van der Waals surface area contributed by atoms with E-state index in [1.54, 1.807) is 20.3 Å². The van der Waals surface area contributed by atoms with Gasteiger partial charge in [-0.05, 0) is 36.8 Å². The summed E-state index contributed by atoms with van der Waals surface area (Å²) < 4.78 is 10.6. The molecule has 5 nitrogen and oxygen atoms in total. The summed E-state index contributed by atoms with van der Waals surface area (Å²) in [5, 5.41) is 7.34. The van der Waals surface area contributed by atoms with Gasteiger partial charge in [-0.1, -0.05) is 52.5 Å². The summed E-state index contributed by atoms with van der Waals surface area (Å²) in [6, 6.07) is 7.48. The van der Waals surface area contributed by atoms with Gasteiger partial charge in [0, 0.05) is 29.2 Å². The van der Waals surface area contributed by atoms with Crippen LogP contribution in [-0.4, -0.2) is 30.2 Å². The summed E-state index contributed by atoms with van der Waals surface area (Å²) in [5.41, 5.74) is 4.74. The Bertz CT molecular complexity index is 956. The van der Waals surface area contributed by atoms with Gasteiger partial charge in [-0.3, -0.25) is 9.89 Å². The average Bonchev–Trinajstić information content (AvgIpc) is 3.41. The second-order valence-corrected chi connectivity index (χ2v) is 6.13. The maximum atomic E-state index is 12.6. The van der Waals surface area contributed by atoms with Gasteiger partial charge in [-0.2, -0.15) is 5.10 Å². The Kier molecular flexibility index (Phi) is 10.8. The van der Waals surface area contributed by atoms with Crippen LogP contribution in [-0.2, 0) is 4.79 Å². The van der Waals surface area contributed by atoms with E-state index in [-0.39, 0.29) is 5.78 Å². The molecule has 1 aliphatic rings. The molecule has 31 heavy (non-hydrogen) atoms. The molecule has 2 aromatic rings. The molecule has 0 fully saturated rings. The lowest BCUT2D eigenvalue weighted by Gasteiger charge is -2.06. The lowest BCUT2D eigenvalue weighted by atomic mass is 10.1. The number of nitrogens with zero attached hydrogens (tertiary/aromatic N) is 1. The summed E-state index contributed by atoms with van der Waals surface area (Å²) in [7, 11) is 3.22. The maximum absolute atomic E-state index is 12.6. The van der Waals surface area contributed by atoms with E-state index in [4.69, 9.17) is 9.47 Å². The van der Waals surface area contributed by atoms with Gasteiger partial charge in [0.25, 0.3) is 0 Å². The van der Waals surface area contributed by atoms with Crippen molar-refractivity contribution in [2.45, 2.75) is 41.0 Å². The second-order valence-electron chi connectivity index (χ2n) is 6.13. The number of ether oxygens (including phenoxy) is 2. The first kappa shape index (κ1) is 25.7. The number of carbonyl (C=O) groups excluding carboxylic acids is 1. The standard InChI is InChI=1S/C22H22N2O3.2C2H6/c1-5-7-14-8-16(22(25)20(14)6-2)9-17-12-21(24-23-17)15-10-18(26-3)13-19(11-15)27-4;2*1-2/h5-7,9-13H,2,8H2,1,3-4H3,(H,23,24);2*1-2H3/b7-5-,16-9+;;. The molecular weight excluding hydrogens is 388 g/mol. The fraction of sp³-hybridized carbons (Fsp3) is 0.308. The first-order valence-corrected chi connectivity index (χ1v) is 10.6. The molecule has 1 aromatic heterocycles. The largest absolute Gasteiger partial charge is 0.497 e. The zero-order chi connectivity index (χ0) is 23.4. The Morgan fingerprint density at radius 3 is 2.16 bits per heavy atom. The van der Waals surface area contributed by atoms with Gasteiger partial charge in [-0.25, -0.2) is 0 Å². The van der Waals surface area contributed by atoms with E-state index in [1.165, 1.54) is 0 Å². The van der Waals surface area contributed by atoms with Gasteiger partial charge in [0.05, 0.1) is 25.6 Å². The third-order valence-electron chi connectivity index (χ3n) is 4.41. The van der Waals surface area contributed by atoms with E-state index in [1.807, 2.05) is 77.1 Å². The van der Waals surface area contributed by atoms with Crippen LogP contribution in [0.3, 0.4) is 0 Å². The topological polar surface area (TPSA) is 64.2 Å². The number of Topliss-reactive ketones (excluding diaryl/α,β-unsaturated/α-hetero) is 1. The summed E-state index contributed by atoms with van der Waals surface area (Å²) in [6.45, 7) is 13.7. The van der Waals surface area contributed by atoms with Crippen molar-refractivity contribution in [3.8, 4) is 22.8 Å². The summed E-state index contributed by atoms with van der Waals surface area (Å²) >= 11 is 0. The highest BCUT2D eigenvalue weighted by atomic mass is 16.5. The van der Waals surface area contributed by atoms with Gasteiger partial charge in [0.2, 0.25) is 0 Å². The average molecular weight is 423 g/mol. The fourth-order valence-corrected chi connectivity index (χ4v) is 3.09. The van der Waals surface area contributed by atoms with Crippen molar-refractivity contribution in [1.82, 2.24) is 10.2 Å². The lowest BCUT2D eigenvalue weighted by molar-refractivity contribution is -0.111. The van der Waals surface area contributed by atoms with Crippen molar-refractivity contribution in [2.24, 2.45) is 0 Å². The Morgan fingerprint density at radius 2 is 1.65 bits per heavy atom. The maximum Gasteiger partial charge on any atom is 0.189 e. The van der Waals surface area contributed by atoms with Crippen LogP contribution in [0.1, 0.15) is 46.7 Å². The number of hydrogen-bond acceptors (Lipinski definition) is 4. The first-order valence-electron chi connectivity index (χ1n) is 10.6. The molecule has 0 spiro atoms.